The van der Waals surface area contributed by atoms with Crippen molar-refractivity contribution in [3.05, 3.63) is 29.4 Å². The topological polar surface area (TPSA) is 52.8 Å². The Hall–Kier alpha value is -1.67. The van der Waals surface area contributed by atoms with Crippen molar-refractivity contribution in [2.75, 3.05) is 4.90 Å². The highest BCUT2D eigenvalue weighted by Gasteiger charge is 2.08. The Labute approximate surface area is 79.6 Å². The number of anilines is 1. The van der Waals surface area contributed by atoms with Gasteiger partial charge in [0.25, 0.3) is 0 Å². The largest absolute Gasteiger partial charge is 0.306 e. The molecule has 64 valence electrons. The van der Waals surface area contributed by atoms with Crippen LogP contribution in [0.1, 0.15) is 6.42 Å². The maximum absolute atomic E-state index is 8.69. The lowest BCUT2D eigenvalue weighted by Crippen LogP contribution is -2.11. The monoisotopic (exact) mass is 190 g/mol. The molecule has 0 saturated heterocycles. The number of hydrogen-bond donors (Lipinski definition) is 0. The molecule has 0 N–H and O–H groups in total. The van der Waals surface area contributed by atoms with E-state index in [4.69, 9.17) is 5.26 Å². The summed E-state index contributed by atoms with van der Waals surface area (Å²) in [4.78, 5) is 1.80. The standard InChI is InChI=1S/C8H6N4S/c9-4-7-2-1-3-12(5-7)8-6-13-11-10-8/h1,3,5-6H,2H2. The summed E-state index contributed by atoms with van der Waals surface area (Å²) >= 11 is 1.29. The fraction of sp³-hybridized carbons (Fsp3) is 0.125. The van der Waals surface area contributed by atoms with E-state index < -0.39 is 0 Å². The minimum absolute atomic E-state index is 0.699. The molecule has 0 radical (unpaired) electrons. The van der Waals surface area contributed by atoms with E-state index in [1.807, 2.05) is 17.7 Å². The molecule has 0 amide bonds. The molecule has 2 rings (SSSR count). The Morgan fingerprint density at radius 2 is 2.54 bits per heavy atom. The van der Waals surface area contributed by atoms with Crippen LogP contribution in [0.5, 0.6) is 0 Å². The van der Waals surface area contributed by atoms with E-state index in [9.17, 15) is 0 Å². The Kier molecular flexibility index (Phi) is 2.06. The molecule has 2 heterocycles. The van der Waals surface area contributed by atoms with Gasteiger partial charge in [-0.05, 0) is 11.5 Å². The van der Waals surface area contributed by atoms with Crippen molar-refractivity contribution in [1.29, 1.82) is 5.26 Å². The predicted molar refractivity (Wildman–Crippen MR) is 49.8 cm³/mol. The third-order valence-electron chi connectivity index (χ3n) is 1.66. The van der Waals surface area contributed by atoms with Crippen molar-refractivity contribution in [2.45, 2.75) is 6.42 Å². The Bertz CT molecular complexity index is 385. The van der Waals surface area contributed by atoms with E-state index in [2.05, 4.69) is 15.7 Å². The fourth-order valence-corrected chi connectivity index (χ4v) is 1.49. The molecule has 1 aromatic rings. The number of allylic oxidation sites excluding steroid dienone is 2. The molecule has 13 heavy (non-hydrogen) atoms. The first-order valence-electron chi connectivity index (χ1n) is 3.73. The summed E-state index contributed by atoms with van der Waals surface area (Å²) in [5.41, 5.74) is 0.732. The first-order chi connectivity index (χ1) is 6.40. The van der Waals surface area contributed by atoms with Crippen molar-refractivity contribution in [3.63, 3.8) is 0 Å². The third-order valence-corrected chi connectivity index (χ3v) is 2.15. The summed E-state index contributed by atoms with van der Waals surface area (Å²) < 4.78 is 3.75. The number of nitrogens with zero attached hydrogens (tertiary/aromatic N) is 4. The van der Waals surface area contributed by atoms with Crippen LogP contribution in [-0.2, 0) is 0 Å². The molecule has 4 nitrogen and oxygen atoms in total. The van der Waals surface area contributed by atoms with E-state index in [1.54, 1.807) is 11.1 Å². The van der Waals surface area contributed by atoms with Crippen LogP contribution in [0.3, 0.4) is 0 Å². The molecule has 1 aliphatic rings. The lowest BCUT2D eigenvalue weighted by molar-refractivity contribution is 1.06. The van der Waals surface area contributed by atoms with Gasteiger partial charge in [0.15, 0.2) is 5.82 Å². The van der Waals surface area contributed by atoms with Crippen LogP contribution in [0.4, 0.5) is 5.82 Å². The zero-order chi connectivity index (χ0) is 9.10. The van der Waals surface area contributed by atoms with Crippen molar-refractivity contribution in [1.82, 2.24) is 9.59 Å². The lowest BCUT2D eigenvalue weighted by atomic mass is 10.2. The quantitative estimate of drug-likeness (QED) is 0.676. The summed E-state index contributed by atoms with van der Waals surface area (Å²) in [6.07, 6.45) is 6.29. The first-order valence-corrected chi connectivity index (χ1v) is 4.56. The van der Waals surface area contributed by atoms with E-state index in [0.717, 1.165) is 11.4 Å². The molecule has 0 spiro atoms. The van der Waals surface area contributed by atoms with Gasteiger partial charge in [-0.1, -0.05) is 10.6 Å². The second-order valence-corrected chi connectivity index (χ2v) is 3.14. The maximum Gasteiger partial charge on any atom is 0.171 e. The summed E-state index contributed by atoms with van der Waals surface area (Å²) in [5.74, 6) is 0.758. The van der Waals surface area contributed by atoms with E-state index in [0.29, 0.717) is 6.42 Å². The molecule has 1 aromatic heterocycles. The van der Waals surface area contributed by atoms with Crippen LogP contribution in [-0.4, -0.2) is 9.59 Å². The zero-order valence-corrected chi connectivity index (χ0v) is 7.53. The summed E-state index contributed by atoms with van der Waals surface area (Å²) in [5, 5.41) is 14.4. The molecule has 0 unspecified atom stereocenters. The van der Waals surface area contributed by atoms with Crippen LogP contribution < -0.4 is 4.90 Å². The fourth-order valence-electron chi connectivity index (χ4n) is 1.05. The zero-order valence-electron chi connectivity index (χ0n) is 6.71. The van der Waals surface area contributed by atoms with Gasteiger partial charge in [-0.3, -0.25) is 0 Å². The van der Waals surface area contributed by atoms with Crippen LogP contribution in [0.2, 0.25) is 0 Å². The highest BCUT2D eigenvalue weighted by molar-refractivity contribution is 7.03. The van der Waals surface area contributed by atoms with Crippen LogP contribution in [0.15, 0.2) is 29.4 Å². The molecule has 5 heteroatoms. The first kappa shape index (κ1) is 7.95. The van der Waals surface area contributed by atoms with Crippen LogP contribution >= 0.6 is 11.5 Å². The van der Waals surface area contributed by atoms with Gasteiger partial charge in [-0.25, -0.2) is 0 Å². The Morgan fingerprint density at radius 3 is 3.23 bits per heavy atom. The Balaban J connectivity index is 2.27. The summed E-state index contributed by atoms with van der Waals surface area (Å²) in [7, 11) is 0. The molecule has 0 aromatic carbocycles. The highest BCUT2D eigenvalue weighted by Crippen LogP contribution is 2.18. The molecule has 0 aliphatic carbocycles. The van der Waals surface area contributed by atoms with E-state index in [-0.39, 0.29) is 0 Å². The smallest absolute Gasteiger partial charge is 0.171 e. The van der Waals surface area contributed by atoms with Gasteiger partial charge in [0, 0.05) is 24.4 Å². The van der Waals surface area contributed by atoms with Crippen molar-refractivity contribution < 1.29 is 0 Å². The summed E-state index contributed by atoms with van der Waals surface area (Å²) in [6, 6.07) is 2.12. The lowest BCUT2D eigenvalue weighted by Gasteiger charge is -2.15. The second kappa shape index (κ2) is 3.37. The molecule has 1 aliphatic heterocycles. The Morgan fingerprint density at radius 1 is 1.62 bits per heavy atom. The van der Waals surface area contributed by atoms with Crippen molar-refractivity contribution in [3.8, 4) is 6.07 Å². The van der Waals surface area contributed by atoms with Gasteiger partial charge in [0.2, 0.25) is 0 Å². The molecule has 0 fully saturated rings. The van der Waals surface area contributed by atoms with Gasteiger partial charge in [0.1, 0.15) is 0 Å². The normalized spacial score (nSPS) is 15.3. The van der Waals surface area contributed by atoms with Crippen LogP contribution in [0.25, 0.3) is 0 Å². The number of hydrogen-bond acceptors (Lipinski definition) is 5. The van der Waals surface area contributed by atoms with Gasteiger partial charge < -0.3 is 4.90 Å². The molecule has 0 atom stereocenters. The van der Waals surface area contributed by atoms with Gasteiger partial charge in [-0.2, -0.15) is 5.26 Å². The molecule has 0 saturated carbocycles. The molecular weight excluding hydrogens is 184 g/mol. The van der Waals surface area contributed by atoms with Crippen LogP contribution in [0, 0.1) is 11.3 Å². The number of aromatic nitrogens is 2. The SMILES string of the molecule is N#CC1=CN(c2csnn2)C=CC1. The number of nitriles is 1. The van der Waals surface area contributed by atoms with Crippen molar-refractivity contribution >= 4 is 17.4 Å². The van der Waals surface area contributed by atoms with Gasteiger partial charge in [-0.15, -0.1) is 5.10 Å². The highest BCUT2D eigenvalue weighted by atomic mass is 32.1. The van der Waals surface area contributed by atoms with Crippen molar-refractivity contribution in [2.24, 2.45) is 0 Å². The second-order valence-electron chi connectivity index (χ2n) is 2.53. The van der Waals surface area contributed by atoms with E-state index in [1.165, 1.54) is 11.5 Å². The average Bonchev–Trinajstić information content (AvgIpc) is 2.71. The minimum Gasteiger partial charge on any atom is -0.306 e. The molecule has 0 bridgehead atoms. The predicted octanol–water partition coefficient (Wildman–Crippen LogP) is 1.67. The molecular formula is C8H6N4S. The average molecular weight is 190 g/mol. The summed E-state index contributed by atoms with van der Waals surface area (Å²) in [6.45, 7) is 0. The maximum atomic E-state index is 8.69. The minimum atomic E-state index is 0.699. The van der Waals surface area contributed by atoms with Gasteiger partial charge >= 0.3 is 0 Å². The third kappa shape index (κ3) is 1.58. The van der Waals surface area contributed by atoms with Gasteiger partial charge in [0.05, 0.1) is 11.4 Å². The van der Waals surface area contributed by atoms with E-state index >= 15 is 0 Å². The number of rotatable bonds is 1.